The van der Waals surface area contributed by atoms with Crippen LogP contribution in [-0.2, 0) is 0 Å². The molecule has 6 heteroatoms. The lowest BCUT2D eigenvalue weighted by Gasteiger charge is -2.06. The lowest BCUT2D eigenvalue weighted by atomic mass is 10.2. The first-order valence-corrected chi connectivity index (χ1v) is 6.80. The van der Waals surface area contributed by atoms with Gasteiger partial charge in [0.05, 0.1) is 15.1 Å². The molecule has 0 amide bonds. The van der Waals surface area contributed by atoms with E-state index in [2.05, 4.69) is 16.2 Å². The summed E-state index contributed by atoms with van der Waals surface area (Å²) in [5.74, 6) is 2.57. The Morgan fingerprint density at radius 1 is 1.47 bits per heavy atom. The molecule has 0 spiro atoms. The molecule has 2 rings (SSSR count). The van der Waals surface area contributed by atoms with E-state index in [0.717, 1.165) is 24.0 Å². The van der Waals surface area contributed by atoms with Crippen molar-refractivity contribution in [2.75, 3.05) is 11.9 Å². The molecule has 0 radical (unpaired) electrons. The molecule has 0 aliphatic heterocycles. The molecule has 0 atom stereocenters. The highest BCUT2D eigenvalue weighted by atomic mass is 32.1. The second kappa shape index (κ2) is 6.16. The molecule has 0 unspecified atom stereocenters. The van der Waals surface area contributed by atoms with Gasteiger partial charge in [0.2, 0.25) is 0 Å². The standard InChI is InChI=1S/C13H13N3O2S/c1-2-3-4-5-8-14-10-6-7-11-12(15-9-19-11)13(10)16(17)18/h1,6-7,9,14H,3-5,8H2. The van der Waals surface area contributed by atoms with Crippen molar-refractivity contribution in [2.45, 2.75) is 19.3 Å². The summed E-state index contributed by atoms with van der Waals surface area (Å²) in [5, 5.41) is 14.3. The third-order valence-corrected chi connectivity index (χ3v) is 3.52. The van der Waals surface area contributed by atoms with Gasteiger partial charge >= 0.3 is 5.69 Å². The van der Waals surface area contributed by atoms with E-state index in [9.17, 15) is 10.1 Å². The van der Waals surface area contributed by atoms with Gasteiger partial charge in [0, 0.05) is 13.0 Å². The van der Waals surface area contributed by atoms with E-state index in [1.807, 2.05) is 6.07 Å². The first-order valence-electron chi connectivity index (χ1n) is 5.92. The first kappa shape index (κ1) is 13.3. The normalized spacial score (nSPS) is 10.3. The quantitative estimate of drug-likeness (QED) is 0.379. The third kappa shape index (κ3) is 3.01. The van der Waals surface area contributed by atoms with Gasteiger partial charge in [-0.3, -0.25) is 10.1 Å². The Kier molecular flexibility index (Phi) is 4.31. The Morgan fingerprint density at radius 3 is 3.05 bits per heavy atom. The smallest absolute Gasteiger partial charge is 0.319 e. The second-order valence-corrected chi connectivity index (χ2v) is 4.89. The highest BCUT2D eigenvalue weighted by Crippen LogP contribution is 2.34. The van der Waals surface area contributed by atoms with Gasteiger partial charge in [-0.1, -0.05) is 0 Å². The van der Waals surface area contributed by atoms with E-state index in [0.29, 0.717) is 17.7 Å². The van der Waals surface area contributed by atoms with Gasteiger partial charge < -0.3 is 5.32 Å². The molecule has 0 aliphatic carbocycles. The number of hydrogen-bond acceptors (Lipinski definition) is 5. The highest BCUT2D eigenvalue weighted by molar-refractivity contribution is 7.16. The lowest BCUT2D eigenvalue weighted by molar-refractivity contribution is -0.382. The highest BCUT2D eigenvalue weighted by Gasteiger charge is 2.20. The predicted molar refractivity (Wildman–Crippen MR) is 77.4 cm³/mol. The van der Waals surface area contributed by atoms with Crippen molar-refractivity contribution < 1.29 is 4.92 Å². The fourth-order valence-corrected chi connectivity index (χ4v) is 2.50. The van der Waals surface area contributed by atoms with Crippen molar-refractivity contribution >= 4 is 32.9 Å². The number of rotatable bonds is 6. The molecule has 1 aromatic heterocycles. The number of thiazole rings is 1. The van der Waals surface area contributed by atoms with Crippen LogP contribution in [0.2, 0.25) is 0 Å². The zero-order valence-corrected chi connectivity index (χ0v) is 11.1. The summed E-state index contributed by atoms with van der Waals surface area (Å²) in [6, 6.07) is 3.59. The number of fused-ring (bicyclic) bond motifs is 1. The molecule has 2 aromatic rings. The summed E-state index contributed by atoms with van der Waals surface area (Å²) in [6.45, 7) is 0.665. The van der Waals surface area contributed by atoms with Gasteiger partial charge in [-0.25, -0.2) is 4.98 Å². The van der Waals surface area contributed by atoms with Crippen LogP contribution in [0.25, 0.3) is 10.2 Å². The van der Waals surface area contributed by atoms with Gasteiger partial charge in [-0.2, -0.15) is 0 Å². The maximum atomic E-state index is 11.2. The number of aromatic nitrogens is 1. The monoisotopic (exact) mass is 275 g/mol. The molecule has 0 saturated carbocycles. The SMILES string of the molecule is C#CCCCCNc1ccc2scnc2c1[N+](=O)[O-]. The minimum atomic E-state index is -0.383. The zero-order chi connectivity index (χ0) is 13.7. The van der Waals surface area contributed by atoms with Crippen molar-refractivity contribution in [1.29, 1.82) is 0 Å². The number of anilines is 1. The van der Waals surface area contributed by atoms with Crippen molar-refractivity contribution in [2.24, 2.45) is 0 Å². The molecule has 0 aliphatic rings. The average molecular weight is 275 g/mol. The van der Waals surface area contributed by atoms with Crippen LogP contribution >= 0.6 is 11.3 Å². The summed E-state index contributed by atoms with van der Waals surface area (Å²) in [6.07, 6.45) is 7.70. The first-order chi connectivity index (χ1) is 9.24. The Labute approximate surface area is 114 Å². The Bertz CT molecular complexity index is 630. The molecule has 1 N–H and O–H groups in total. The van der Waals surface area contributed by atoms with Gasteiger partial charge in [0.1, 0.15) is 5.69 Å². The van der Waals surface area contributed by atoms with Crippen molar-refractivity contribution in [3.63, 3.8) is 0 Å². The molecular weight excluding hydrogens is 262 g/mol. The van der Waals surface area contributed by atoms with E-state index < -0.39 is 0 Å². The van der Waals surface area contributed by atoms with Crippen LogP contribution in [0.3, 0.4) is 0 Å². The Balaban J connectivity index is 2.16. The predicted octanol–water partition coefficient (Wildman–Crippen LogP) is 3.42. The van der Waals surface area contributed by atoms with Gasteiger partial charge in [0.25, 0.3) is 0 Å². The van der Waals surface area contributed by atoms with E-state index in [4.69, 9.17) is 6.42 Å². The minimum absolute atomic E-state index is 0.0516. The largest absolute Gasteiger partial charge is 0.379 e. The summed E-state index contributed by atoms with van der Waals surface area (Å²) >= 11 is 1.40. The number of nitrogens with one attached hydrogen (secondary N) is 1. The van der Waals surface area contributed by atoms with E-state index in [1.54, 1.807) is 11.6 Å². The number of nitro groups is 1. The van der Waals surface area contributed by atoms with Crippen molar-refractivity contribution in [3.05, 3.63) is 27.8 Å². The van der Waals surface area contributed by atoms with E-state index >= 15 is 0 Å². The lowest BCUT2D eigenvalue weighted by Crippen LogP contribution is -2.04. The number of benzene rings is 1. The number of nitrogens with zero attached hydrogens (tertiary/aromatic N) is 2. The van der Waals surface area contributed by atoms with Crippen molar-refractivity contribution in [1.82, 2.24) is 4.98 Å². The summed E-state index contributed by atoms with van der Waals surface area (Å²) < 4.78 is 0.824. The zero-order valence-electron chi connectivity index (χ0n) is 10.3. The maximum absolute atomic E-state index is 11.2. The van der Waals surface area contributed by atoms with Crippen LogP contribution in [0.15, 0.2) is 17.6 Å². The number of hydrogen-bond donors (Lipinski definition) is 1. The third-order valence-electron chi connectivity index (χ3n) is 2.72. The maximum Gasteiger partial charge on any atom is 0.319 e. The van der Waals surface area contributed by atoms with E-state index in [-0.39, 0.29) is 10.6 Å². The van der Waals surface area contributed by atoms with Crippen LogP contribution in [0, 0.1) is 22.5 Å². The van der Waals surface area contributed by atoms with E-state index in [1.165, 1.54) is 11.3 Å². The molecular formula is C13H13N3O2S. The Morgan fingerprint density at radius 2 is 2.32 bits per heavy atom. The summed E-state index contributed by atoms with van der Waals surface area (Å²) in [4.78, 5) is 14.9. The number of terminal acetylenes is 1. The van der Waals surface area contributed by atoms with Crippen LogP contribution < -0.4 is 5.32 Å². The molecule has 1 heterocycles. The fourth-order valence-electron chi connectivity index (χ4n) is 1.82. The fraction of sp³-hybridized carbons (Fsp3) is 0.308. The van der Waals surface area contributed by atoms with Gasteiger partial charge in [-0.05, 0) is 25.0 Å². The second-order valence-electron chi connectivity index (χ2n) is 4.01. The topological polar surface area (TPSA) is 68.1 Å². The van der Waals surface area contributed by atoms with Crippen LogP contribution in [0.4, 0.5) is 11.4 Å². The summed E-state index contributed by atoms with van der Waals surface area (Å²) in [7, 11) is 0. The van der Waals surface area contributed by atoms with Crippen LogP contribution in [0.5, 0.6) is 0 Å². The van der Waals surface area contributed by atoms with Crippen LogP contribution in [0.1, 0.15) is 19.3 Å². The molecule has 0 saturated heterocycles. The van der Waals surface area contributed by atoms with Gasteiger partial charge in [-0.15, -0.1) is 23.7 Å². The molecule has 0 fully saturated rings. The number of unbranched alkanes of at least 4 members (excludes halogenated alkanes) is 2. The minimum Gasteiger partial charge on any atom is -0.379 e. The molecule has 19 heavy (non-hydrogen) atoms. The molecule has 5 nitrogen and oxygen atoms in total. The molecule has 0 bridgehead atoms. The van der Waals surface area contributed by atoms with Crippen molar-refractivity contribution in [3.8, 4) is 12.3 Å². The number of nitro benzene ring substituents is 1. The molecule has 1 aromatic carbocycles. The molecule has 98 valence electrons. The van der Waals surface area contributed by atoms with Gasteiger partial charge in [0.15, 0.2) is 5.52 Å². The Hall–Kier alpha value is -2.13. The van der Waals surface area contributed by atoms with Crippen LogP contribution in [-0.4, -0.2) is 16.5 Å². The summed E-state index contributed by atoms with van der Waals surface area (Å²) in [5.41, 5.74) is 2.64. The average Bonchev–Trinajstić information content (AvgIpc) is 2.85.